The summed E-state index contributed by atoms with van der Waals surface area (Å²) in [5.74, 6) is 27.3. The highest BCUT2D eigenvalue weighted by Crippen LogP contribution is 2.47. The van der Waals surface area contributed by atoms with Crippen LogP contribution < -0.4 is 0 Å². The first-order valence-corrected chi connectivity index (χ1v) is 36.3. The van der Waals surface area contributed by atoms with Crippen LogP contribution in [0.3, 0.4) is 0 Å². The van der Waals surface area contributed by atoms with Crippen molar-refractivity contribution in [3.8, 4) is 0 Å². The summed E-state index contributed by atoms with van der Waals surface area (Å²) in [6.07, 6.45) is 34.4. The van der Waals surface area contributed by atoms with Gasteiger partial charge < -0.3 is 4.74 Å². The molecule has 9 aliphatic carbocycles. The van der Waals surface area contributed by atoms with Gasteiger partial charge in [0.1, 0.15) is 0 Å². The second kappa shape index (κ2) is 34.2. The van der Waals surface area contributed by atoms with Gasteiger partial charge in [-0.15, -0.1) is 0 Å². The van der Waals surface area contributed by atoms with Gasteiger partial charge in [0.05, 0.1) is 12.2 Å². The maximum atomic E-state index is 6.37. The molecule has 9 saturated carbocycles. The van der Waals surface area contributed by atoms with Crippen molar-refractivity contribution in [1.82, 2.24) is 0 Å². The smallest absolute Gasteiger partial charge is 0.0581 e. The molecule has 0 heterocycles. The normalized spacial score (nSPS) is 49.4. The Hall–Kier alpha value is -0.0400. The van der Waals surface area contributed by atoms with Crippen molar-refractivity contribution in [1.29, 1.82) is 0 Å². The van der Waals surface area contributed by atoms with E-state index in [0.29, 0.717) is 12.2 Å². The van der Waals surface area contributed by atoms with Crippen molar-refractivity contribution in [2.45, 2.75) is 326 Å². The van der Waals surface area contributed by atoms with Gasteiger partial charge in [0.2, 0.25) is 0 Å². The van der Waals surface area contributed by atoms with Crippen LogP contribution in [0.4, 0.5) is 0 Å². The fourth-order valence-corrected chi connectivity index (χ4v) is 18.3. The van der Waals surface area contributed by atoms with E-state index in [0.717, 1.165) is 166 Å². The molecule has 0 saturated heterocycles. The minimum atomic E-state index is 0.562. The molecule has 0 aromatic heterocycles. The van der Waals surface area contributed by atoms with Crippen LogP contribution in [-0.2, 0) is 4.74 Å². The van der Waals surface area contributed by atoms with E-state index in [9.17, 15) is 0 Å². The molecule has 1 nitrogen and oxygen atoms in total. The van der Waals surface area contributed by atoms with E-state index in [2.05, 4.69) is 166 Å². The van der Waals surface area contributed by atoms with Crippen LogP contribution in [0.25, 0.3) is 0 Å². The summed E-state index contributed by atoms with van der Waals surface area (Å²) >= 11 is 0. The van der Waals surface area contributed by atoms with Crippen molar-refractivity contribution >= 4 is 0 Å². The van der Waals surface area contributed by atoms with Crippen LogP contribution in [-0.4, -0.2) is 12.2 Å². The Kier molecular flexibility index (Phi) is 30.9. The largest absolute Gasteiger partial charge is 0.375 e. The number of hydrogen-bond donors (Lipinski definition) is 0. The summed E-state index contributed by atoms with van der Waals surface area (Å²) in [6, 6.07) is 0. The van der Waals surface area contributed by atoms with E-state index in [1.165, 1.54) is 141 Å². The van der Waals surface area contributed by atoms with Gasteiger partial charge in [-0.2, -0.15) is 0 Å². The zero-order chi connectivity index (χ0) is 58.3. The Bertz CT molecular complexity index is 1390. The number of rotatable bonds is 6. The maximum absolute atomic E-state index is 6.37. The monoisotopic (exact) mass is 1090 g/mol. The van der Waals surface area contributed by atoms with Crippen molar-refractivity contribution in [2.75, 3.05) is 0 Å². The Morgan fingerprint density at radius 3 is 0.756 bits per heavy atom. The third-order valence-corrected chi connectivity index (χ3v) is 27.8. The first-order valence-electron chi connectivity index (χ1n) is 36.3. The zero-order valence-corrected chi connectivity index (χ0v) is 58.0. The molecule has 0 aliphatic heterocycles. The molecule has 26 atom stereocenters. The average molecular weight is 1090 g/mol. The average Bonchev–Trinajstić information content (AvgIpc) is 3.66. The molecule has 0 bridgehead atoms. The highest BCUT2D eigenvalue weighted by Gasteiger charge is 2.39. The van der Waals surface area contributed by atoms with E-state index in [1.807, 2.05) is 0 Å². The lowest BCUT2D eigenvalue weighted by Gasteiger charge is -2.45. The van der Waals surface area contributed by atoms with Gasteiger partial charge in [-0.05, 0) is 268 Å². The molecule has 26 unspecified atom stereocenters. The van der Waals surface area contributed by atoms with Gasteiger partial charge in [0.15, 0.2) is 0 Å². The topological polar surface area (TPSA) is 9.23 Å². The van der Waals surface area contributed by atoms with E-state index < -0.39 is 0 Å². The molecule has 0 amide bonds. The second-order valence-electron chi connectivity index (χ2n) is 33.4. The maximum Gasteiger partial charge on any atom is 0.0581 e. The van der Waals surface area contributed by atoms with E-state index in [-0.39, 0.29) is 0 Å². The third kappa shape index (κ3) is 21.8. The van der Waals surface area contributed by atoms with Crippen LogP contribution >= 0.6 is 0 Å². The first kappa shape index (κ1) is 70.4. The minimum absolute atomic E-state index is 0.562. The molecule has 462 valence electrons. The molecule has 1 heteroatoms. The molecule has 0 aromatic carbocycles. The highest BCUT2D eigenvalue weighted by molar-refractivity contribution is 4.88. The summed E-state index contributed by atoms with van der Waals surface area (Å²) in [4.78, 5) is 0. The van der Waals surface area contributed by atoms with Crippen molar-refractivity contribution in [3.63, 3.8) is 0 Å². The Morgan fingerprint density at radius 1 is 0.231 bits per heavy atom. The summed E-state index contributed by atoms with van der Waals surface area (Å²) < 4.78 is 6.37. The van der Waals surface area contributed by atoms with Crippen LogP contribution in [0.2, 0.25) is 0 Å². The first-order chi connectivity index (χ1) is 36.6. The lowest BCUT2D eigenvalue weighted by Crippen LogP contribution is -2.39. The van der Waals surface area contributed by atoms with Crippen molar-refractivity contribution < 1.29 is 4.74 Å². The zero-order valence-electron chi connectivity index (χ0n) is 58.0. The van der Waals surface area contributed by atoms with Gasteiger partial charge >= 0.3 is 0 Å². The Labute approximate surface area is 494 Å². The molecule has 0 N–H and O–H groups in total. The Balaban J connectivity index is 0.000000206. The van der Waals surface area contributed by atoms with E-state index in [1.54, 1.807) is 6.42 Å². The third-order valence-electron chi connectivity index (χ3n) is 27.8. The van der Waals surface area contributed by atoms with Gasteiger partial charge in [-0.3, -0.25) is 0 Å². The molecule has 0 spiro atoms. The molecule has 9 fully saturated rings. The molecular formula is C77H148O. The van der Waals surface area contributed by atoms with Crippen LogP contribution in [0.5, 0.6) is 0 Å². The molecule has 0 radical (unpaired) electrons. The lowest BCUT2D eigenvalue weighted by atomic mass is 9.60. The molecule has 9 rings (SSSR count). The van der Waals surface area contributed by atoms with E-state index >= 15 is 0 Å². The number of hydrogen-bond acceptors (Lipinski definition) is 1. The lowest BCUT2D eigenvalue weighted by molar-refractivity contribution is -0.0731. The van der Waals surface area contributed by atoms with Crippen LogP contribution in [0.15, 0.2) is 0 Å². The summed E-state index contributed by atoms with van der Waals surface area (Å²) in [5.41, 5.74) is 0. The summed E-state index contributed by atoms with van der Waals surface area (Å²) in [5, 5.41) is 0. The SMILES string of the molecule is CC1C(C)C(C)C1C.CC1CC(C)C(C)CC1C.CC1CCC(C2CCC(C)C(C)C2)CC1C.CC1CCC(CC2CCC(C)C(C)C2)CC1C.CC1CCC(OC2CCC(C)C(C)C2)CC1C.CCC1C(C)CC(C)C1C. The minimum Gasteiger partial charge on any atom is -0.375 e. The fourth-order valence-electron chi connectivity index (χ4n) is 18.3. The van der Waals surface area contributed by atoms with Crippen molar-refractivity contribution in [2.24, 2.45) is 166 Å². The van der Waals surface area contributed by atoms with Crippen LogP contribution in [0, 0.1) is 166 Å². The molecule has 0 aromatic rings. The van der Waals surface area contributed by atoms with Gasteiger partial charge in [-0.25, -0.2) is 0 Å². The van der Waals surface area contributed by atoms with Crippen molar-refractivity contribution in [3.05, 3.63) is 0 Å². The summed E-state index contributed by atoms with van der Waals surface area (Å²) in [6.45, 7) is 57.9. The Morgan fingerprint density at radius 2 is 0.500 bits per heavy atom. The van der Waals surface area contributed by atoms with Gasteiger partial charge in [-0.1, -0.05) is 211 Å². The molecular weight excluding hydrogens is 941 g/mol. The molecule has 78 heavy (non-hydrogen) atoms. The summed E-state index contributed by atoms with van der Waals surface area (Å²) in [7, 11) is 0. The quantitative estimate of drug-likeness (QED) is 0.258. The van der Waals surface area contributed by atoms with Crippen LogP contribution in [0.1, 0.15) is 314 Å². The van der Waals surface area contributed by atoms with Gasteiger partial charge in [0.25, 0.3) is 0 Å². The standard InChI is InChI=1S/C17H32.C16H30O.C16H30.2C10H20.C8H16/c1-12-5-7-16(9-14(12)3)11-17-8-6-13(2)15(4)10-17;1-11-5-7-15(9-13(11)3)17-16-8-6-12(2)14(4)10-16;1-11-5-7-15(9-13(11)3)16-8-6-12(2)14(4)10-16;1-7-5-9(3)10(4)6-8(7)2;1-5-10-8(3)6-7(2)9(10)4;1-5-6(2)8(4)7(5)3/h12-17H,5-11H2,1-4H3;11-16H,5-10H2,1-4H3;11-16H,5-10H2,1-4H3;2*7-10H,5-6H2,1-4H3;5-8H,1-4H3. The number of ether oxygens (including phenoxy) is 1. The van der Waals surface area contributed by atoms with Gasteiger partial charge in [0, 0.05) is 0 Å². The predicted octanol–water partition coefficient (Wildman–Crippen LogP) is 24.5. The highest BCUT2D eigenvalue weighted by atomic mass is 16.5. The molecule has 9 aliphatic rings. The fraction of sp³-hybridized carbons (Fsp3) is 1.00. The predicted molar refractivity (Wildman–Crippen MR) is 349 cm³/mol. The van der Waals surface area contributed by atoms with E-state index in [4.69, 9.17) is 4.74 Å². The second-order valence-corrected chi connectivity index (χ2v) is 33.4.